The van der Waals surface area contributed by atoms with E-state index in [1.807, 2.05) is 0 Å². The fourth-order valence-electron chi connectivity index (χ4n) is 0.617. The maximum absolute atomic E-state index is 10.9. The Labute approximate surface area is 76.9 Å². The summed E-state index contributed by atoms with van der Waals surface area (Å²) in [6.45, 7) is 6.70. The first-order valence-corrected chi connectivity index (χ1v) is 3.74. The molecule has 0 heterocycles. The Kier molecular flexibility index (Phi) is 4.44. The molecule has 0 amide bonds. The van der Waals surface area contributed by atoms with Gasteiger partial charge in [-0.15, -0.1) is 0 Å². The Balaban J connectivity index is 4.87. The van der Waals surface area contributed by atoms with Crippen LogP contribution in [0.2, 0.25) is 0 Å². The number of carbonyl (C=O) groups excluding carboxylic acids is 1. The Bertz CT molecular complexity index is 250. The second-order valence-corrected chi connectivity index (χ2v) is 2.63. The molecule has 0 aromatic carbocycles. The summed E-state index contributed by atoms with van der Waals surface area (Å²) in [6, 6.07) is 0. The lowest BCUT2D eigenvalue weighted by Gasteiger charge is -1.98. The van der Waals surface area contributed by atoms with Crippen LogP contribution in [0.25, 0.3) is 0 Å². The van der Waals surface area contributed by atoms with Crippen molar-refractivity contribution in [3.05, 3.63) is 12.2 Å². The highest BCUT2D eigenvalue weighted by Crippen LogP contribution is 1.98. The van der Waals surface area contributed by atoms with Crippen molar-refractivity contribution in [1.29, 1.82) is 0 Å². The van der Waals surface area contributed by atoms with E-state index in [-0.39, 0.29) is 16.8 Å². The van der Waals surface area contributed by atoms with Crippen LogP contribution in [0.5, 0.6) is 0 Å². The number of nitrogens with zero attached hydrogens (tertiary/aromatic N) is 2. The SMILES string of the molecule is C=C(C)/C(=N\C(Cl)=NC)C(C)=O. The maximum Gasteiger partial charge on any atom is 0.218 e. The van der Waals surface area contributed by atoms with Crippen LogP contribution in [0, 0.1) is 0 Å². The van der Waals surface area contributed by atoms with E-state index in [1.54, 1.807) is 6.92 Å². The smallest absolute Gasteiger partial charge is 0.218 e. The predicted molar refractivity (Wildman–Crippen MR) is 52.1 cm³/mol. The summed E-state index contributed by atoms with van der Waals surface area (Å²) in [6.07, 6.45) is 0. The quantitative estimate of drug-likeness (QED) is 0.369. The molecule has 0 radical (unpaired) electrons. The third-order valence-electron chi connectivity index (χ3n) is 1.13. The Morgan fingerprint density at radius 1 is 1.42 bits per heavy atom. The minimum atomic E-state index is -0.163. The second kappa shape index (κ2) is 4.83. The van der Waals surface area contributed by atoms with Gasteiger partial charge in [0.25, 0.3) is 0 Å². The van der Waals surface area contributed by atoms with Crippen LogP contribution < -0.4 is 0 Å². The highest BCUT2D eigenvalue weighted by atomic mass is 35.5. The molecule has 0 aliphatic carbocycles. The van der Waals surface area contributed by atoms with Crippen molar-refractivity contribution in [3.8, 4) is 0 Å². The van der Waals surface area contributed by atoms with Gasteiger partial charge >= 0.3 is 0 Å². The first-order chi connectivity index (χ1) is 5.49. The van der Waals surface area contributed by atoms with Gasteiger partial charge in [0.05, 0.1) is 0 Å². The van der Waals surface area contributed by atoms with E-state index in [1.165, 1.54) is 14.0 Å². The molecule has 4 heteroatoms. The van der Waals surface area contributed by atoms with E-state index in [0.29, 0.717) is 5.57 Å². The number of halogens is 1. The zero-order chi connectivity index (χ0) is 9.72. The molecule has 0 spiro atoms. The molecular formula is C8H11ClN2O. The monoisotopic (exact) mass is 186 g/mol. The number of Topliss-reactive ketones (excluding diaryl/α,β-unsaturated/α-hetero) is 1. The number of hydrogen-bond acceptors (Lipinski definition) is 2. The van der Waals surface area contributed by atoms with Gasteiger partial charge in [-0.3, -0.25) is 9.79 Å². The molecule has 0 aromatic heterocycles. The second-order valence-electron chi connectivity index (χ2n) is 2.29. The van der Waals surface area contributed by atoms with Crippen molar-refractivity contribution in [2.45, 2.75) is 13.8 Å². The lowest BCUT2D eigenvalue weighted by molar-refractivity contribution is -0.111. The van der Waals surface area contributed by atoms with Crippen molar-refractivity contribution in [2.75, 3.05) is 7.05 Å². The molecule has 0 rings (SSSR count). The van der Waals surface area contributed by atoms with E-state index in [0.717, 1.165) is 0 Å². The van der Waals surface area contributed by atoms with Gasteiger partial charge in [0, 0.05) is 14.0 Å². The molecule has 0 saturated heterocycles. The van der Waals surface area contributed by atoms with Crippen molar-refractivity contribution in [1.82, 2.24) is 0 Å². The van der Waals surface area contributed by atoms with Crippen molar-refractivity contribution >= 4 is 28.4 Å². The number of ketones is 1. The van der Waals surface area contributed by atoms with E-state index >= 15 is 0 Å². The lowest BCUT2D eigenvalue weighted by atomic mass is 10.1. The number of aliphatic imine (C=N–C) groups is 2. The van der Waals surface area contributed by atoms with Crippen LogP contribution >= 0.6 is 11.6 Å². The molecule has 0 fully saturated rings. The summed E-state index contributed by atoms with van der Waals surface area (Å²) in [5.41, 5.74) is 0.856. The first kappa shape index (κ1) is 11.0. The number of allylic oxidation sites excluding steroid dienone is 1. The molecule has 0 saturated carbocycles. The van der Waals surface area contributed by atoms with Crippen LogP contribution in [-0.4, -0.2) is 23.8 Å². The van der Waals surface area contributed by atoms with Crippen LogP contribution in [0.15, 0.2) is 22.1 Å². The predicted octanol–water partition coefficient (Wildman–Crippen LogP) is 1.82. The fraction of sp³-hybridized carbons (Fsp3) is 0.375. The highest BCUT2D eigenvalue weighted by Gasteiger charge is 2.06. The molecule has 66 valence electrons. The fourth-order valence-corrected chi connectivity index (χ4v) is 0.701. The molecule has 3 nitrogen and oxygen atoms in total. The number of amidine groups is 1. The van der Waals surface area contributed by atoms with Gasteiger partial charge in [0.15, 0.2) is 5.78 Å². The minimum absolute atomic E-state index is 0.0585. The Morgan fingerprint density at radius 3 is 2.17 bits per heavy atom. The summed E-state index contributed by atoms with van der Waals surface area (Å²) >= 11 is 5.52. The summed E-state index contributed by atoms with van der Waals surface area (Å²) in [7, 11) is 1.50. The van der Waals surface area contributed by atoms with Crippen molar-refractivity contribution in [2.24, 2.45) is 9.98 Å². The number of carbonyl (C=O) groups is 1. The number of hydrogen-bond donors (Lipinski definition) is 0. The standard InChI is InChI=1S/C8H11ClN2O/c1-5(2)7(6(3)12)11-8(9)10-4/h1H2,2-4H3/b10-8?,11-7+. The first-order valence-electron chi connectivity index (χ1n) is 3.36. The van der Waals surface area contributed by atoms with Gasteiger partial charge in [0.2, 0.25) is 5.29 Å². The van der Waals surface area contributed by atoms with E-state index in [2.05, 4.69) is 16.6 Å². The molecule has 12 heavy (non-hydrogen) atoms. The largest absolute Gasteiger partial charge is 0.293 e. The van der Waals surface area contributed by atoms with Gasteiger partial charge in [-0.1, -0.05) is 6.58 Å². The summed E-state index contributed by atoms with van der Waals surface area (Å²) in [5, 5.41) is 0.0585. The normalized spacial score (nSPS) is 13.0. The third-order valence-corrected chi connectivity index (χ3v) is 1.38. The topological polar surface area (TPSA) is 41.8 Å². The zero-order valence-electron chi connectivity index (χ0n) is 7.39. The molecule has 0 N–H and O–H groups in total. The van der Waals surface area contributed by atoms with Gasteiger partial charge in [-0.25, -0.2) is 4.99 Å². The summed E-state index contributed by atoms with van der Waals surface area (Å²) < 4.78 is 0. The van der Waals surface area contributed by atoms with Gasteiger partial charge in [-0.2, -0.15) is 0 Å². The van der Waals surface area contributed by atoms with E-state index < -0.39 is 0 Å². The third kappa shape index (κ3) is 3.44. The molecular weight excluding hydrogens is 176 g/mol. The van der Waals surface area contributed by atoms with Crippen LogP contribution in [0.4, 0.5) is 0 Å². The van der Waals surface area contributed by atoms with E-state index in [9.17, 15) is 4.79 Å². The molecule has 0 bridgehead atoms. The summed E-state index contributed by atoms with van der Waals surface area (Å²) in [5.74, 6) is -0.163. The number of rotatable bonds is 2. The minimum Gasteiger partial charge on any atom is -0.293 e. The average Bonchev–Trinajstić information content (AvgIpc) is 1.98. The highest BCUT2D eigenvalue weighted by molar-refractivity contribution is 6.67. The Morgan fingerprint density at radius 2 is 1.92 bits per heavy atom. The van der Waals surface area contributed by atoms with Crippen LogP contribution in [0.1, 0.15) is 13.8 Å². The lowest BCUT2D eigenvalue weighted by Crippen LogP contribution is -2.12. The molecule has 0 aliphatic heterocycles. The summed E-state index contributed by atoms with van der Waals surface area (Å²) in [4.78, 5) is 18.3. The van der Waals surface area contributed by atoms with Gasteiger partial charge < -0.3 is 0 Å². The maximum atomic E-state index is 10.9. The van der Waals surface area contributed by atoms with Gasteiger partial charge in [-0.05, 0) is 24.1 Å². The molecule has 0 aromatic rings. The molecule has 0 atom stereocenters. The van der Waals surface area contributed by atoms with Crippen molar-refractivity contribution in [3.63, 3.8) is 0 Å². The van der Waals surface area contributed by atoms with Crippen LogP contribution in [-0.2, 0) is 4.79 Å². The molecule has 0 aliphatic rings. The zero-order valence-corrected chi connectivity index (χ0v) is 8.14. The average molecular weight is 187 g/mol. The van der Waals surface area contributed by atoms with E-state index in [4.69, 9.17) is 11.6 Å². The van der Waals surface area contributed by atoms with Crippen molar-refractivity contribution < 1.29 is 4.79 Å². The Hall–Kier alpha value is -0.960. The van der Waals surface area contributed by atoms with Crippen LogP contribution in [0.3, 0.4) is 0 Å². The van der Waals surface area contributed by atoms with Gasteiger partial charge in [0.1, 0.15) is 5.71 Å². The molecule has 0 unspecified atom stereocenters.